The smallest absolute Gasteiger partial charge is 0.258 e. The lowest BCUT2D eigenvalue weighted by Crippen LogP contribution is -2.27. The lowest BCUT2D eigenvalue weighted by molar-refractivity contribution is -0.118. The van der Waals surface area contributed by atoms with Gasteiger partial charge in [-0.05, 0) is 35.9 Å². The van der Waals surface area contributed by atoms with Crippen LogP contribution in [0.15, 0.2) is 78.9 Å². The average molecular weight is 449 g/mol. The van der Waals surface area contributed by atoms with Crippen LogP contribution in [0.3, 0.4) is 0 Å². The second kappa shape index (κ2) is 10.1. The Balaban J connectivity index is 0.00000289. The summed E-state index contributed by atoms with van der Waals surface area (Å²) in [6.07, 6.45) is 0.301. The van der Waals surface area contributed by atoms with Gasteiger partial charge in [-0.3, -0.25) is 9.59 Å². The van der Waals surface area contributed by atoms with Gasteiger partial charge >= 0.3 is 0 Å². The van der Waals surface area contributed by atoms with Crippen molar-refractivity contribution in [1.29, 1.82) is 0 Å². The van der Waals surface area contributed by atoms with Crippen LogP contribution >= 0.6 is 12.4 Å². The molecule has 32 heavy (non-hydrogen) atoms. The molecule has 1 aliphatic rings. The molecule has 6 nitrogen and oxygen atoms in total. The minimum Gasteiger partial charge on any atom is -0.354 e. The summed E-state index contributed by atoms with van der Waals surface area (Å²) >= 11 is 0. The van der Waals surface area contributed by atoms with Crippen molar-refractivity contribution in [3.8, 4) is 0 Å². The summed E-state index contributed by atoms with van der Waals surface area (Å²) in [5.74, 6) is -0.175. The lowest BCUT2D eigenvalue weighted by Gasteiger charge is -2.19. The minimum atomic E-state index is -0.142. The molecular formula is C25H25ClN4O2. The number of para-hydroxylation sites is 1. The molecule has 0 saturated carbocycles. The Morgan fingerprint density at radius 3 is 2.31 bits per heavy atom. The third kappa shape index (κ3) is 4.66. The highest BCUT2D eigenvalue weighted by molar-refractivity contribution is 6.37. The first kappa shape index (κ1) is 23.1. The Morgan fingerprint density at radius 1 is 0.969 bits per heavy atom. The van der Waals surface area contributed by atoms with E-state index in [9.17, 15) is 9.59 Å². The van der Waals surface area contributed by atoms with Gasteiger partial charge in [0, 0.05) is 42.6 Å². The van der Waals surface area contributed by atoms with Crippen molar-refractivity contribution in [3.63, 3.8) is 0 Å². The van der Waals surface area contributed by atoms with Crippen LogP contribution in [0.25, 0.3) is 11.3 Å². The van der Waals surface area contributed by atoms with Crippen molar-refractivity contribution >= 4 is 52.6 Å². The first-order chi connectivity index (χ1) is 15.1. The molecule has 0 radical (unpaired) electrons. The number of halogens is 1. The van der Waals surface area contributed by atoms with E-state index in [1.54, 1.807) is 11.9 Å². The number of nitrogens with two attached hydrogens (primary N) is 1. The molecule has 3 aromatic rings. The second-order valence-electron chi connectivity index (χ2n) is 7.28. The summed E-state index contributed by atoms with van der Waals surface area (Å²) in [4.78, 5) is 26.5. The molecule has 1 aliphatic heterocycles. The van der Waals surface area contributed by atoms with Crippen LogP contribution in [0.5, 0.6) is 0 Å². The van der Waals surface area contributed by atoms with Gasteiger partial charge in [-0.15, -0.1) is 12.4 Å². The van der Waals surface area contributed by atoms with Crippen molar-refractivity contribution in [2.24, 2.45) is 5.73 Å². The normalized spacial score (nSPS) is 13.5. The monoisotopic (exact) mass is 448 g/mol. The zero-order valence-corrected chi connectivity index (χ0v) is 18.5. The molecule has 0 aliphatic carbocycles. The van der Waals surface area contributed by atoms with E-state index in [0.29, 0.717) is 18.5 Å². The summed E-state index contributed by atoms with van der Waals surface area (Å²) in [5, 5.41) is 6.37. The molecule has 0 atom stereocenters. The van der Waals surface area contributed by atoms with Crippen LogP contribution in [0.1, 0.15) is 17.5 Å². The number of hydrogen-bond donors (Lipinski definition) is 3. The highest BCUT2D eigenvalue weighted by atomic mass is 35.5. The molecule has 164 valence electrons. The fourth-order valence-corrected chi connectivity index (χ4v) is 3.60. The van der Waals surface area contributed by atoms with Gasteiger partial charge in [-0.2, -0.15) is 0 Å². The summed E-state index contributed by atoms with van der Waals surface area (Å²) < 4.78 is 0. The molecule has 0 saturated heterocycles. The van der Waals surface area contributed by atoms with E-state index >= 15 is 0 Å². The third-order valence-corrected chi connectivity index (χ3v) is 5.24. The van der Waals surface area contributed by atoms with E-state index in [-0.39, 0.29) is 24.2 Å². The number of carbonyl (C=O) groups is 2. The van der Waals surface area contributed by atoms with Crippen molar-refractivity contribution in [3.05, 3.63) is 90.0 Å². The number of fused-ring (bicyclic) bond motifs is 1. The number of nitrogens with one attached hydrogen (secondary N) is 2. The number of hydrogen-bond acceptors (Lipinski definition) is 4. The first-order valence-electron chi connectivity index (χ1n) is 10.1. The molecule has 4 N–H and O–H groups in total. The Kier molecular flexibility index (Phi) is 7.30. The molecule has 0 unspecified atom stereocenters. The van der Waals surface area contributed by atoms with Crippen LogP contribution in [0, 0.1) is 0 Å². The Morgan fingerprint density at radius 2 is 1.62 bits per heavy atom. The van der Waals surface area contributed by atoms with Crippen LogP contribution in [0.4, 0.5) is 17.1 Å². The Labute approximate surface area is 193 Å². The largest absolute Gasteiger partial charge is 0.354 e. The number of nitrogens with zero attached hydrogens (tertiary/aromatic N) is 1. The number of carbonyl (C=O) groups excluding carboxylic acids is 2. The van der Waals surface area contributed by atoms with E-state index in [1.807, 2.05) is 78.9 Å². The molecule has 2 amide bonds. The van der Waals surface area contributed by atoms with E-state index in [0.717, 1.165) is 33.9 Å². The summed E-state index contributed by atoms with van der Waals surface area (Å²) in [7, 11) is 1.73. The van der Waals surface area contributed by atoms with Crippen LogP contribution in [-0.2, 0) is 9.59 Å². The van der Waals surface area contributed by atoms with E-state index in [2.05, 4.69) is 10.6 Å². The highest BCUT2D eigenvalue weighted by Crippen LogP contribution is 2.37. The predicted molar refractivity (Wildman–Crippen MR) is 133 cm³/mol. The van der Waals surface area contributed by atoms with Gasteiger partial charge in [-0.1, -0.05) is 48.5 Å². The van der Waals surface area contributed by atoms with Gasteiger partial charge in [-0.25, -0.2) is 0 Å². The van der Waals surface area contributed by atoms with Gasteiger partial charge in [0.2, 0.25) is 5.91 Å². The molecule has 4 rings (SSSR count). The van der Waals surface area contributed by atoms with Crippen LogP contribution in [0.2, 0.25) is 0 Å². The zero-order valence-electron chi connectivity index (χ0n) is 17.7. The van der Waals surface area contributed by atoms with Crippen molar-refractivity contribution in [2.75, 3.05) is 29.1 Å². The molecule has 0 spiro atoms. The van der Waals surface area contributed by atoms with Gasteiger partial charge in [0.1, 0.15) is 0 Å². The second-order valence-corrected chi connectivity index (χ2v) is 7.28. The SMILES string of the molecule is CN(C(=O)CCN)c1ccc(N/C(=C2\C(=O)Nc3ccccc32)c2ccccc2)cc1.Cl. The standard InChI is InChI=1S/C25H24N4O2.ClH/c1-29(22(30)15-16-26)19-13-11-18(12-14-19)27-24(17-7-3-2-4-8-17)23-20-9-5-6-10-21(20)28-25(23)31;/h2-14,27H,15-16,26H2,1H3,(H,28,31);1H/b24-23-;. The van der Waals surface area contributed by atoms with E-state index in [4.69, 9.17) is 5.73 Å². The quantitative estimate of drug-likeness (QED) is 0.489. The number of amides is 2. The highest BCUT2D eigenvalue weighted by Gasteiger charge is 2.28. The topological polar surface area (TPSA) is 87.5 Å². The maximum Gasteiger partial charge on any atom is 0.258 e. The zero-order chi connectivity index (χ0) is 21.8. The molecule has 0 aromatic heterocycles. The van der Waals surface area contributed by atoms with Crippen molar-refractivity contribution < 1.29 is 9.59 Å². The number of benzene rings is 3. The predicted octanol–water partition coefficient (Wildman–Crippen LogP) is 4.35. The maximum absolute atomic E-state index is 12.9. The van der Waals surface area contributed by atoms with Gasteiger partial charge in [0.15, 0.2) is 0 Å². The lowest BCUT2D eigenvalue weighted by atomic mass is 10.00. The van der Waals surface area contributed by atoms with Gasteiger partial charge in [0.25, 0.3) is 5.91 Å². The summed E-state index contributed by atoms with van der Waals surface area (Å²) in [6.45, 7) is 0.320. The molecule has 1 heterocycles. The van der Waals surface area contributed by atoms with Crippen LogP contribution in [-0.4, -0.2) is 25.4 Å². The first-order valence-corrected chi connectivity index (χ1v) is 10.1. The fraction of sp³-hybridized carbons (Fsp3) is 0.120. The molecule has 0 bridgehead atoms. The molecule has 3 aromatic carbocycles. The average Bonchev–Trinajstić information content (AvgIpc) is 3.13. The maximum atomic E-state index is 12.9. The minimum absolute atomic E-state index is 0. The van der Waals surface area contributed by atoms with Crippen molar-refractivity contribution in [2.45, 2.75) is 6.42 Å². The van der Waals surface area contributed by atoms with Crippen molar-refractivity contribution in [1.82, 2.24) is 0 Å². The fourth-order valence-electron chi connectivity index (χ4n) is 3.60. The number of rotatable bonds is 6. The number of anilines is 3. The van der Waals surface area contributed by atoms with Gasteiger partial charge < -0.3 is 21.3 Å². The van der Waals surface area contributed by atoms with E-state index < -0.39 is 0 Å². The Bertz CT molecular complexity index is 1140. The van der Waals surface area contributed by atoms with Gasteiger partial charge in [0.05, 0.1) is 11.3 Å². The summed E-state index contributed by atoms with van der Waals surface area (Å²) in [6, 6.07) is 24.9. The molecular weight excluding hydrogens is 424 g/mol. The third-order valence-electron chi connectivity index (χ3n) is 5.24. The molecule has 0 fully saturated rings. The molecule has 7 heteroatoms. The van der Waals surface area contributed by atoms with Crippen LogP contribution < -0.4 is 21.3 Å². The van der Waals surface area contributed by atoms with E-state index in [1.165, 1.54) is 0 Å². The summed E-state index contributed by atoms with van der Waals surface area (Å²) in [5.41, 5.74) is 11.0. The Hall–Kier alpha value is -3.61.